The van der Waals surface area contributed by atoms with Gasteiger partial charge in [-0.1, -0.05) is 47.5 Å². The van der Waals surface area contributed by atoms with E-state index in [-0.39, 0.29) is 17.9 Å². The van der Waals surface area contributed by atoms with Crippen LogP contribution in [0.15, 0.2) is 59.4 Å². The summed E-state index contributed by atoms with van der Waals surface area (Å²) in [7, 11) is 0. The van der Waals surface area contributed by atoms with E-state index in [1.54, 1.807) is 24.3 Å². The monoisotopic (exact) mass is 352 g/mol. The number of benzene rings is 2. The Morgan fingerprint density at radius 1 is 1.04 bits per heavy atom. The van der Waals surface area contributed by atoms with Gasteiger partial charge in [-0.05, 0) is 37.6 Å². The number of aromatic nitrogens is 2. The van der Waals surface area contributed by atoms with Crippen molar-refractivity contribution in [2.45, 2.75) is 20.4 Å². The summed E-state index contributed by atoms with van der Waals surface area (Å²) < 4.78 is 1.20. The first-order valence-corrected chi connectivity index (χ1v) is 8.26. The van der Waals surface area contributed by atoms with E-state index in [4.69, 9.17) is 11.6 Å². The Balaban J connectivity index is 1.92. The van der Waals surface area contributed by atoms with Crippen LogP contribution in [0.3, 0.4) is 0 Å². The lowest BCUT2D eigenvalue weighted by Gasteiger charge is -2.09. The quantitative estimate of drug-likeness (QED) is 0.665. The number of Topliss-reactive ketones (excluding diaryl/α,β-unsaturated/α-hetero) is 1. The molecule has 0 saturated heterocycles. The topological polar surface area (TPSA) is 52.0 Å². The first-order valence-electron chi connectivity index (χ1n) is 7.88. The number of aryl methyl sites for hydroxylation is 2. The Kier molecular flexibility index (Phi) is 4.81. The van der Waals surface area contributed by atoms with Crippen molar-refractivity contribution in [1.29, 1.82) is 0 Å². The molecule has 0 aliphatic heterocycles. The molecule has 0 unspecified atom stereocenters. The van der Waals surface area contributed by atoms with Crippen LogP contribution < -0.4 is 5.56 Å². The van der Waals surface area contributed by atoms with Crippen LogP contribution in [-0.4, -0.2) is 15.6 Å². The zero-order valence-corrected chi connectivity index (χ0v) is 14.7. The summed E-state index contributed by atoms with van der Waals surface area (Å²) in [6, 6.07) is 15.9. The summed E-state index contributed by atoms with van der Waals surface area (Å²) >= 11 is 5.90. The molecule has 3 aromatic rings. The molecule has 0 amide bonds. The summed E-state index contributed by atoms with van der Waals surface area (Å²) in [5.74, 6) is -0.139. The van der Waals surface area contributed by atoms with Crippen LogP contribution in [0.5, 0.6) is 0 Å². The van der Waals surface area contributed by atoms with Gasteiger partial charge in [-0.15, -0.1) is 0 Å². The molecule has 3 rings (SSSR count). The van der Waals surface area contributed by atoms with Crippen molar-refractivity contribution in [2.24, 2.45) is 0 Å². The van der Waals surface area contributed by atoms with E-state index >= 15 is 0 Å². The lowest BCUT2D eigenvalue weighted by atomic mass is 10.0. The molecular formula is C20H17ClN2O2. The second kappa shape index (κ2) is 7.03. The van der Waals surface area contributed by atoms with Crippen LogP contribution in [0.4, 0.5) is 0 Å². The largest absolute Gasteiger partial charge is 0.292 e. The minimum Gasteiger partial charge on any atom is -0.292 e. The number of carbonyl (C=O) groups excluding carboxylic acids is 1. The molecule has 25 heavy (non-hydrogen) atoms. The smallest absolute Gasteiger partial charge is 0.267 e. The van der Waals surface area contributed by atoms with Gasteiger partial charge in [-0.3, -0.25) is 9.59 Å². The van der Waals surface area contributed by atoms with Crippen LogP contribution >= 0.6 is 11.6 Å². The second-order valence-electron chi connectivity index (χ2n) is 5.96. The van der Waals surface area contributed by atoms with Gasteiger partial charge in [0.2, 0.25) is 0 Å². The lowest BCUT2D eigenvalue weighted by Crippen LogP contribution is -2.26. The standard InChI is InChI=1S/C20H17ClN2O2/c1-13-3-8-17(14(2)11-13)19(24)12-23-20(25)10-9-18(22-23)15-4-6-16(21)7-5-15/h3-11H,12H2,1-2H3. The molecule has 4 nitrogen and oxygen atoms in total. The van der Waals surface area contributed by atoms with Crippen molar-refractivity contribution in [3.63, 3.8) is 0 Å². The third-order valence-electron chi connectivity index (χ3n) is 3.98. The number of halogens is 1. The van der Waals surface area contributed by atoms with Crippen molar-refractivity contribution in [3.8, 4) is 11.3 Å². The van der Waals surface area contributed by atoms with E-state index in [0.29, 0.717) is 16.3 Å². The van der Waals surface area contributed by atoms with Gasteiger partial charge in [0.1, 0.15) is 6.54 Å². The Hall–Kier alpha value is -2.72. The van der Waals surface area contributed by atoms with Crippen LogP contribution in [0.2, 0.25) is 5.02 Å². The molecule has 0 spiro atoms. The average Bonchev–Trinajstić information content (AvgIpc) is 2.57. The molecule has 0 bridgehead atoms. The number of nitrogens with zero attached hydrogens (tertiary/aromatic N) is 2. The van der Waals surface area contributed by atoms with Crippen LogP contribution in [0, 0.1) is 13.8 Å². The van der Waals surface area contributed by atoms with Gasteiger partial charge < -0.3 is 0 Å². The van der Waals surface area contributed by atoms with Crippen molar-refractivity contribution in [1.82, 2.24) is 9.78 Å². The number of carbonyl (C=O) groups is 1. The molecule has 0 fully saturated rings. The lowest BCUT2D eigenvalue weighted by molar-refractivity contribution is 0.0965. The zero-order chi connectivity index (χ0) is 18.0. The van der Waals surface area contributed by atoms with Crippen molar-refractivity contribution in [2.75, 3.05) is 0 Å². The van der Waals surface area contributed by atoms with Gasteiger partial charge in [-0.2, -0.15) is 5.10 Å². The van der Waals surface area contributed by atoms with Crippen LogP contribution in [0.25, 0.3) is 11.3 Å². The van der Waals surface area contributed by atoms with E-state index < -0.39 is 0 Å². The maximum Gasteiger partial charge on any atom is 0.267 e. The second-order valence-corrected chi connectivity index (χ2v) is 6.40. The number of hydrogen-bond acceptors (Lipinski definition) is 3. The minimum absolute atomic E-state index is 0.0931. The predicted molar refractivity (Wildman–Crippen MR) is 99.2 cm³/mol. The summed E-state index contributed by atoms with van der Waals surface area (Å²) in [6.07, 6.45) is 0. The number of hydrogen-bond donors (Lipinski definition) is 0. The summed E-state index contributed by atoms with van der Waals surface area (Å²) in [6.45, 7) is 3.77. The molecule has 1 heterocycles. The molecular weight excluding hydrogens is 336 g/mol. The molecule has 0 radical (unpaired) electrons. The van der Waals surface area contributed by atoms with E-state index in [2.05, 4.69) is 5.10 Å². The minimum atomic E-state index is -0.309. The van der Waals surface area contributed by atoms with E-state index in [1.807, 2.05) is 38.1 Å². The van der Waals surface area contributed by atoms with E-state index in [0.717, 1.165) is 16.7 Å². The summed E-state index contributed by atoms with van der Waals surface area (Å²) in [5.41, 5.74) is 3.73. The third-order valence-corrected chi connectivity index (χ3v) is 4.23. The maximum absolute atomic E-state index is 12.6. The van der Waals surface area contributed by atoms with Crippen LogP contribution in [-0.2, 0) is 6.54 Å². The van der Waals surface area contributed by atoms with Gasteiger partial charge in [0.05, 0.1) is 5.69 Å². The Morgan fingerprint density at radius 3 is 2.44 bits per heavy atom. The zero-order valence-electron chi connectivity index (χ0n) is 14.0. The highest BCUT2D eigenvalue weighted by Crippen LogP contribution is 2.18. The molecule has 126 valence electrons. The van der Waals surface area contributed by atoms with Crippen LogP contribution in [0.1, 0.15) is 21.5 Å². The normalized spacial score (nSPS) is 10.7. The average molecular weight is 353 g/mol. The SMILES string of the molecule is Cc1ccc(C(=O)Cn2nc(-c3ccc(Cl)cc3)ccc2=O)c(C)c1. The van der Waals surface area contributed by atoms with Crippen molar-refractivity contribution >= 4 is 17.4 Å². The highest BCUT2D eigenvalue weighted by Gasteiger charge is 2.12. The van der Waals surface area contributed by atoms with E-state index in [9.17, 15) is 9.59 Å². The summed E-state index contributed by atoms with van der Waals surface area (Å²) in [5, 5.41) is 4.95. The Morgan fingerprint density at radius 2 is 1.76 bits per heavy atom. The number of rotatable bonds is 4. The Bertz CT molecular complexity index is 991. The van der Waals surface area contributed by atoms with Crippen molar-refractivity contribution in [3.05, 3.63) is 86.7 Å². The first-order chi connectivity index (χ1) is 11.9. The van der Waals surface area contributed by atoms with E-state index in [1.165, 1.54) is 10.7 Å². The molecule has 5 heteroatoms. The molecule has 0 atom stereocenters. The molecule has 0 saturated carbocycles. The van der Waals surface area contributed by atoms with Crippen molar-refractivity contribution < 1.29 is 4.79 Å². The first kappa shape index (κ1) is 17.1. The third kappa shape index (κ3) is 3.86. The van der Waals surface area contributed by atoms with Gasteiger partial charge in [0.25, 0.3) is 5.56 Å². The Labute approximate surface area is 150 Å². The molecule has 1 aromatic heterocycles. The van der Waals surface area contributed by atoms with Gasteiger partial charge in [-0.25, -0.2) is 4.68 Å². The highest BCUT2D eigenvalue weighted by molar-refractivity contribution is 6.30. The van der Waals surface area contributed by atoms with Gasteiger partial charge in [0, 0.05) is 22.2 Å². The van der Waals surface area contributed by atoms with Gasteiger partial charge in [0.15, 0.2) is 5.78 Å². The molecule has 0 N–H and O–H groups in total. The number of ketones is 1. The predicted octanol–water partition coefficient (Wildman–Crippen LogP) is 4.06. The fourth-order valence-electron chi connectivity index (χ4n) is 2.68. The maximum atomic E-state index is 12.6. The fourth-order valence-corrected chi connectivity index (χ4v) is 2.81. The molecule has 0 aliphatic carbocycles. The van der Waals surface area contributed by atoms with Gasteiger partial charge >= 0.3 is 0 Å². The molecule has 0 aliphatic rings. The summed E-state index contributed by atoms with van der Waals surface area (Å²) in [4.78, 5) is 24.7. The molecule has 2 aromatic carbocycles. The fraction of sp³-hybridized carbons (Fsp3) is 0.150. The highest BCUT2D eigenvalue weighted by atomic mass is 35.5.